The Bertz CT molecular complexity index is 644. The van der Waals surface area contributed by atoms with E-state index in [1.165, 1.54) is 14.2 Å². The van der Waals surface area contributed by atoms with Gasteiger partial charge in [0.05, 0.1) is 14.2 Å². The molecular weight excluding hydrogens is 326 g/mol. The van der Waals surface area contributed by atoms with Gasteiger partial charge in [-0.15, -0.1) is 0 Å². The lowest BCUT2D eigenvalue weighted by molar-refractivity contribution is -0.314. The van der Waals surface area contributed by atoms with Crippen molar-refractivity contribution in [3.63, 3.8) is 0 Å². The Morgan fingerprint density at radius 3 is 2.36 bits per heavy atom. The van der Waals surface area contributed by atoms with Crippen LogP contribution in [-0.4, -0.2) is 32.1 Å². The fourth-order valence-electron chi connectivity index (χ4n) is 3.26. The molecule has 0 spiro atoms. The van der Waals surface area contributed by atoms with Gasteiger partial charge in [-0.1, -0.05) is 31.0 Å². The van der Waals surface area contributed by atoms with Crippen LogP contribution in [0.2, 0.25) is 0 Å². The maximum absolute atomic E-state index is 12.7. The predicted molar refractivity (Wildman–Crippen MR) is 86.3 cm³/mol. The van der Waals surface area contributed by atoms with Crippen molar-refractivity contribution in [3.8, 4) is 5.75 Å². The van der Waals surface area contributed by atoms with Gasteiger partial charge in [-0.2, -0.15) is 0 Å². The minimum Gasteiger partial charge on any atom is -0.550 e. The van der Waals surface area contributed by atoms with Crippen LogP contribution < -0.4 is 15.2 Å². The quantitative estimate of drug-likeness (QED) is 0.754. The smallest absolute Gasteiger partial charge is 0.333 e. The third-order valence-electron chi connectivity index (χ3n) is 4.58. The summed E-state index contributed by atoms with van der Waals surface area (Å²) in [5.74, 6) is -3.51. The molecule has 1 aromatic rings. The number of amides is 1. The van der Waals surface area contributed by atoms with E-state index in [1.54, 1.807) is 24.3 Å². The number of nitrogens with one attached hydrogen (secondary N) is 1. The topological polar surface area (TPSA) is 105 Å². The second-order valence-corrected chi connectivity index (χ2v) is 6.02. The lowest BCUT2D eigenvalue weighted by Crippen LogP contribution is -2.46. The molecule has 1 fully saturated rings. The number of benzene rings is 1. The van der Waals surface area contributed by atoms with Crippen LogP contribution in [0, 0.1) is 11.8 Å². The van der Waals surface area contributed by atoms with Crippen LogP contribution in [0.25, 0.3) is 0 Å². The number of esters is 1. The van der Waals surface area contributed by atoms with Gasteiger partial charge in [0.1, 0.15) is 5.75 Å². The second-order valence-electron chi connectivity index (χ2n) is 6.02. The molecule has 0 saturated heterocycles. The van der Waals surface area contributed by atoms with E-state index < -0.39 is 35.7 Å². The van der Waals surface area contributed by atoms with E-state index in [-0.39, 0.29) is 0 Å². The molecule has 0 radical (unpaired) electrons. The number of hydrogen-bond acceptors (Lipinski definition) is 6. The molecular formula is C18H22NO6-. The van der Waals surface area contributed by atoms with Gasteiger partial charge >= 0.3 is 5.97 Å². The van der Waals surface area contributed by atoms with Crippen molar-refractivity contribution in [2.75, 3.05) is 14.2 Å². The molecule has 0 unspecified atom stereocenters. The Morgan fingerprint density at radius 1 is 1.12 bits per heavy atom. The molecule has 0 bridgehead atoms. The van der Waals surface area contributed by atoms with Crippen molar-refractivity contribution < 1.29 is 29.0 Å². The minimum absolute atomic E-state index is 0.401. The van der Waals surface area contributed by atoms with Gasteiger partial charge in [-0.25, -0.2) is 4.79 Å². The number of hydrogen-bond donors (Lipinski definition) is 1. The number of carbonyl (C=O) groups is 3. The van der Waals surface area contributed by atoms with E-state index in [9.17, 15) is 19.5 Å². The highest BCUT2D eigenvalue weighted by Crippen LogP contribution is 2.32. The molecule has 2 rings (SSSR count). The molecule has 25 heavy (non-hydrogen) atoms. The van der Waals surface area contributed by atoms with Gasteiger partial charge in [0.2, 0.25) is 5.91 Å². The zero-order valence-electron chi connectivity index (χ0n) is 14.3. The summed E-state index contributed by atoms with van der Waals surface area (Å²) in [6.07, 6.45) is 2.36. The zero-order valence-corrected chi connectivity index (χ0v) is 14.3. The summed E-state index contributed by atoms with van der Waals surface area (Å²) in [6, 6.07) is 5.70. The molecule has 0 aromatic heterocycles. The van der Waals surface area contributed by atoms with Crippen molar-refractivity contribution >= 4 is 17.8 Å². The highest BCUT2D eigenvalue weighted by molar-refractivity contribution is 5.89. The Balaban J connectivity index is 2.26. The summed E-state index contributed by atoms with van der Waals surface area (Å²) >= 11 is 0. The number of para-hydroxylation sites is 1. The Labute approximate surface area is 146 Å². The third kappa shape index (κ3) is 4.29. The first-order valence-corrected chi connectivity index (χ1v) is 8.21. The van der Waals surface area contributed by atoms with Crippen LogP contribution in [-0.2, 0) is 19.1 Å². The number of carboxylic acid groups (broad SMARTS) is 1. The summed E-state index contributed by atoms with van der Waals surface area (Å²) in [4.78, 5) is 36.2. The van der Waals surface area contributed by atoms with Gasteiger partial charge in [-0.3, -0.25) is 4.79 Å². The first-order chi connectivity index (χ1) is 12.0. The van der Waals surface area contributed by atoms with Crippen LogP contribution in [0.15, 0.2) is 24.3 Å². The lowest BCUT2D eigenvalue weighted by Gasteiger charge is -2.32. The SMILES string of the molecule is COC(=O)[C@@H](NC(=O)[C@H]1CCCC[C@@H]1C(=O)[O-])c1ccccc1OC. The maximum atomic E-state index is 12.7. The van der Waals surface area contributed by atoms with E-state index in [0.29, 0.717) is 24.2 Å². The largest absolute Gasteiger partial charge is 0.550 e. The van der Waals surface area contributed by atoms with Crippen molar-refractivity contribution in [2.45, 2.75) is 31.7 Å². The van der Waals surface area contributed by atoms with E-state index in [4.69, 9.17) is 9.47 Å². The zero-order chi connectivity index (χ0) is 18.4. The fourth-order valence-corrected chi connectivity index (χ4v) is 3.26. The van der Waals surface area contributed by atoms with Gasteiger partial charge in [-0.05, 0) is 18.9 Å². The summed E-state index contributed by atoms with van der Waals surface area (Å²) in [5.41, 5.74) is 0.450. The molecule has 1 saturated carbocycles. The van der Waals surface area contributed by atoms with Crippen LogP contribution in [0.1, 0.15) is 37.3 Å². The number of carbonyl (C=O) groups excluding carboxylic acids is 3. The monoisotopic (exact) mass is 348 g/mol. The Hall–Kier alpha value is -2.57. The van der Waals surface area contributed by atoms with Gasteiger partial charge in [0.15, 0.2) is 6.04 Å². The van der Waals surface area contributed by atoms with E-state index in [0.717, 1.165) is 12.8 Å². The van der Waals surface area contributed by atoms with Crippen LogP contribution in [0.3, 0.4) is 0 Å². The molecule has 7 heteroatoms. The molecule has 7 nitrogen and oxygen atoms in total. The average Bonchev–Trinajstić information content (AvgIpc) is 2.65. The highest BCUT2D eigenvalue weighted by Gasteiger charge is 2.35. The summed E-state index contributed by atoms with van der Waals surface area (Å²) in [7, 11) is 2.68. The number of rotatable bonds is 6. The van der Waals surface area contributed by atoms with Gasteiger partial charge < -0.3 is 24.7 Å². The first kappa shape index (κ1) is 18.8. The average molecular weight is 348 g/mol. The summed E-state index contributed by atoms with van der Waals surface area (Å²) in [5, 5.41) is 13.9. The van der Waals surface area contributed by atoms with Gasteiger partial charge in [0.25, 0.3) is 0 Å². The van der Waals surface area contributed by atoms with Crippen LogP contribution in [0.4, 0.5) is 0 Å². The number of aliphatic carboxylic acids is 1. The molecule has 1 amide bonds. The Kier molecular flexibility index (Phi) is 6.38. The number of ether oxygens (including phenoxy) is 2. The fraction of sp³-hybridized carbons (Fsp3) is 0.500. The molecule has 1 aliphatic rings. The van der Waals surface area contributed by atoms with Crippen molar-refractivity contribution in [2.24, 2.45) is 11.8 Å². The summed E-state index contributed by atoms with van der Waals surface area (Å²) in [6.45, 7) is 0. The second kappa shape index (κ2) is 8.50. The third-order valence-corrected chi connectivity index (χ3v) is 4.58. The van der Waals surface area contributed by atoms with Crippen molar-refractivity contribution in [1.29, 1.82) is 0 Å². The minimum atomic E-state index is -1.23. The Morgan fingerprint density at radius 2 is 1.76 bits per heavy atom. The number of methoxy groups -OCH3 is 2. The summed E-state index contributed by atoms with van der Waals surface area (Å²) < 4.78 is 10.0. The number of carboxylic acids is 1. The van der Waals surface area contributed by atoms with E-state index in [2.05, 4.69) is 5.32 Å². The molecule has 1 N–H and O–H groups in total. The standard InChI is InChI=1S/C18H23NO6/c1-24-14-10-6-5-9-13(14)15(18(23)25-2)19-16(20)11-7-3-4-8-12(11)17(21)22/h5-6,9-12,15H,3-4,7-8H2,1-2H3,(H,19,20)(H,21,22)/p-1/t11-,12-,15-/m0/s1. The highest BCUT2D eigenvalue weighted by atomic mass is 16.5. The lowest BCUT2D eigenvalue weighted by atomic mass is 9.78. The molecule has 3 atom stereocenters. The first-order valence-electron chi connectivity index (χ1n) is 8.21. The van der Waals surface area contributed by atoms with E-state index in [1.807, 2.05) is 0 Å². The van der Waals surface area contributed by atoms with Crippen LogP contribution >= 0.6 is 0 Å². The molecule has 0 heterocycles. The molecule has 1 aliphatic carbocycles. The van der Waals surface area contributed by atoms with E-state index >= 15 is 0 Å². The maximum Gasteiger partial charge on any atom is 0.333 e. The van der Waals surface area contributed by atoms with Gasteiger partial charge in [0, 0.05) is 23.4 Å². The van der Waals surface area contributed by atoms with Crippen molar-refractivity contribution in [3.05, 3.63) is 29.8 Å². The molecule has 1 aromatic carbocycles. The molecule has 0 aliphatic heterocycles. The predicted octanol–water partition coefficient (Wildman–Crippen LogP) is 0.582. The van der Waals surface area contributed by atoms with Crippen LogP contribution in [0.5, 0.6) is 5.75 Å². The van der Waals surface area contributed by atoms with Crippen molar-refractivity contribution in [1.82, 2.24) is 5.32 Å². The molecule has 136 valence electrons. The normalized spacial score (nSPS) is 21.0.